The standard InChI is InChI=1S/C13H12ClFN2O2S/c1-3-19-13(18)10-7(2)17-20-12(10)16-11-8(14)5-4-6-9(11)15/h4-6,16H,3H2,1-2H3. The van der Waals surface area contributed by atoms with Crippen molar-refractivity contribution in [3.05, 3.63) is 40.3 Å². The molecule has 106 valence electrons. The maximum absolute atomic E-state index is 13.7. The van der Waals surface area contributed by atoms with E-state index in [9.17, 15) is 9.18 Å². The molecular formula is C13H12ClFN2O2S. The molecule has 1 N–H and O–H groups in total. The number of para-hydroxylation sites is 1. The number of hydrogen-bond acceptors (Lipinski definition) is 5. The molecule has 0 amide bonds. The third-order valence-electron chi connectivity index (χ3n) is 2.54. The Morgan fingerprint density at radius 1 is 1.55 bits per heavy atom. The van der Waals surface area contributed by atoms with E-state index in [2.05, 4.69) is 9.69 Å². The third kappa shape index (κ3) is 2.91. The minimum Gasteiger partial charge on any atom is -0.462 e. The van der Waals surface area contributed by atoms with Gasteiger partial charge in [-0.15, -0.1) is 0 Å². The van der Waals surface area contributed by atoms with Gasteiger partial charge in [0.2, 0.25) is 0 Å². The Morgan fingerprint density at radius 2 is 2.30 bits per heavy atom. The minimum atomic E-state index is -0.502. The first kappa shape index (κ1) is 14.7. The molecule has 1 aromatic heterocycles. The van der Waals surface area contributed by atoms with E-state index in [0.717, 1.165) is 11.5 Å². The Hall–Kier alpha value is -1.66. The smallest absolute Gasteiger partial charge is 0.343 e. The molecule has 20 heavy (non-hydrogen) atoms. The van der Waals surface area contributed by atoms with Crippen LogP contribution in [-0.4, -0.2) is 16.9 Å². The van der Waals surface area contributed by atoms with Crippen molar-refractivity contribution in [1.29, 1.82) is 0 Å². The molecule has 1 aromatic carbocycles. The van der Waals surface area contributed by atoms with Crippen molar-refractivity contribution < 1.29 is 13.9 Å². The first-order chi connectivity index (χ1) is 9.54. The number of nitrogens with one attached hydrogen (secondary N) is 1. The van der Waals surface area contributed by atoms with E-state index in [0.29, 0.717) is 16.3 Å². The first-order valence-corrected chi connectivity index (χ1v) is 7.04. The van der Waals surface area contributed by atoms with Gasteiger partial charge in [0, 0.05) is 0 Å². The van der Waals surface area contributed by atoms with Gasteiger partial charge in [0.15, 0.2) is 0 Å². The monoisotopic (exact) mass is 314 g/mol. The zero-order valence-corrected chi connectivity index (χ0v) is 12.4. The number of esters is 1. The molecule has 0 saturated heterocycles. The van der Waals surface area contributed by atoms with Crippen molar-refractivity contribution in [3.63, 3.8) is 0 Å². The molecule has 0 fully saturated rings. The van der Waals surface area contributed by atoms with Gasteiger partial charge >= 0.3 is 5.97 Å². The largest absolute Gasteiger partial charge is 0.462 e. The number of hydrogen-bond donors (Lipinski definition) is 1. The van der Waals surface area contributed by atoms with Gasteiger partial charge in [-0.1, -0.05) is 17.7 Å². The van der Waals surface area contributed by atoms with Gasteiger partial charge in [0.25, 0.3) is 0 Å². The first-order valence-electron chi connectivity index (χ1n) is 5.89. The van der Waals surface area contributed by atoms with Gasteiger partial charge in [-0.25, -0.2) is 9.18 Å². The highest BCUT2D eigenvalue weighted by Gasteiger charge is 2.21. The molecular weight excluding hydrogens is 303 g/mol. The quantitative estimate of drug-likeness (QED) is 0.861. The number of anilines is 2. The van der Waals surface area contributed by atoms with Crippen molar-refractivity contribution in [1.82, 2.24) is 4.37 Å². The maximum atomic E-state index is 13.7. The number of halogens is 2. The van der Waals surface area contributed by atoms with Crippen LogP contribution in [0.5, 0.6) is 0 Å². The summed E-state index contributed by atoms with van der Waals surface area (Å²) in [5.74, 6) is -0.993. The van der Waals surface area contributed by atoms with Crippen LogP contribution in [-0.2, 0) is 4.74 Å². The Balaban J connectivity index is 2.38. The summed E-state index contributed by atoms with van der Waals surface area (Å²) in [4.78, 5) is 11.9. The lowest BCUT2D eigenvalue weighted by molar-refractivity contribution is 0.0527. The predicted octanol–water partition coefficient (Wildman–Crippen LogP) is 4.16. The van der Waals surface area contributed by atoms with Gasteiger partial charge < -0.3 is 10.1 Å². The fourth-order valence-electron chi connectivity index (χ4n) is 1.63. The number of nitrogens with zero attached hydrogens (tertiary/aromatic N) is 1. The van der Waals surface area contributed by atoms with Crippen LogP contribution in [0.15, 0.2) is 18.2 Å². The Morgan fingerprint density at radius 3 is 2.95 bits per heavy atom. The van der Waals surface area contributed by atoms with E-state index in [1.165, 1.54) is 12.1 Å². The molecule has 0 aliphatic carbocycles. The number of carbonyl (C=O) groups is 1. The van der Waals surface area contributed by atoms with Crippen LogP contribution < -0.4 is 5.32 Å². The molecule has 1 heterocycles. The SMILES string of the molecule is CCOC(=O)c1c(C)nsc1Nc1c(F)cccc1Cl. The van der Waals surface area contributed by atoms with E-state index in [1.807, 2.05) is 0 Å². The molecule has 0 atom stereocenters. The zero-order valence-electron chi connectivity index (χ0n) is 10.9. The number of benzene rings is 1. The summed E-state index contributed by atoms with van der Waals surface area (Å²) in [5.41, 5.74) is 0.947. The van der Waals surface area contributed by atoms with Crippen molar-refractivity contribution in [2.75, 3.05) is 11.9 Å². The normalized spacial score (nSPS) is 10.4. The van der Waals surface area contributed by atoms with Gasteiger partial charge in [-0.2, -0.15) is 4.37 Å². The molecule has 0 radical (unpaired) electrons. The number of ether oxygens (including phenoxy) is 1. The second kappa shape index (κ2) is 6.19. The number of aromatic nitrogens is 1. The molecule has 7 heteroatoms. The van der Waals surface area contributed by atoms with Crippen molar-refractivity contribution in [3.8, 4) is 0 Å². The van der Waals surface area contributed by atoms with Crippen molar-refractivity contribution in [2.45, 2.75) is 13.8 Å². The summed E-state index contributed by atoms with van der Waals surface area (Å²) in [7, 11) is 0. The molecule has 0 saturated carbocycles. The highest BCUT2D eigenvalue weighted by atomic mass is 35.5. The Labute approximate surface area is 124 Å². The van der Waals surface area contributed by atoms with E-state index in [1.54, 1.807) is 19.9 Å². The topological polar surface area (TPSA) is 51.2 Å². The summed E-state index contributed by atoms with van der Waals surface area (Å²) in [6, 6.07) is 4.35. The molecule has 2 aromatic rings. The van der Waals surface area contributed by atoms with Gasteiger partial charge in [0.1, 0.15) is 16.4 Å². The predicted molar refractivity (Wildman–Crippen MR) is 77.5 cm³/mol. The summed E-state index contributed by atoms with van der Waals surface area (Å²) in [5, 5.41) is 3.46. The number of carbonyl (C=O) groups excluding carboxylic acids is 1. The lowest BCUT2D eigenvalue weighted by atomic mass is 10.2. The third-order valence-corrected chi connectivity index (χ3v) is 3.71. The van der Waals surface area contributed by atoms with Gasteiger partial charge in [0.05, 0.1) is 23.0 Å². The number of rotatable bonds is 4. The fraction of sp³-hybridized carbons (Fsp3) is 0.231. The van der Waals surface area contributed by atoms with E-state index < -0.39 is 11.8 Å². The average molecular weight is 315 g/mol. The summed E-state index contributed by atoms with van der Waals surface area (Å²) >= 11 is 7.00. The Bertz CT molecular complexity index is 625. The van der Waals surface area contributed by atoms with Gasteiger partial charge in [-0.05, 0) is 37.5 Å². The minimum absolute atomic E-state index is 0.114. The fourth-order valence-corrected chi connectivity index (χ4v) is 2.63. The highest BCUT2D eigenvalue weighted by Crippen LogP contribution is 2.33. The van der Waals surface area contributed by atoms with Crippen LogP contribution in [0.25, 0.3) is 0 Å². The summed E-state index contributed by atoms with van der Waals surface area (Å²) in [6.45, 7) is 3.67. The van der Waals surface area contributed by atoms with Gasteiger partial charge in [-0.3, -0.25) is 0 Å². The zero-order chi connectivity index (χ0) is 14.7. The maximum Gasteiger partial charge on any atom is 0.343 e. The average Bonchev–Trinajstić information content (AvgIpc) is 2.75. The molecule has 0 bridgehead atoms. The number of aryl methyl sites for hydroxylation is 1. The van der Waals surface area contributed by atoms with E-state index in [4.69, 9.17) is 16.3 Å². The van der Waals surface area contributed by atoms with Crippen LogP contribution in [0.3, 0.4) is 0 Å². The second-order valence-electron chi connectivity index (χ2n) is 3.91. The van der Waals surface area contributed by atoms with Crippen LogP contribution in [0.1, 0.15) is 23.0 Å². The molecule has 2 rings (SSSR count). The van der Waals surface area contributed by atoms with E-state index >= 15 is 0 Å². The van der Waals surface area contributed by atoms with E-state index in [-0.39, 0.29) is 17.3 Å². The molecule has 0 aliphatic heterocycles. The molecule has 0 spiro atoms. The molecule has 0 unspecified atom stereocenters. The Kier molecular flexibility index (Phi) is 4.57. The van der Waals surface area contributed by atoms with Crippen LogP contribution in [0.2, 0.25) is 5.02 Å². The lowest BCUT2D eigenvalue weighted by Gasteiger charge is -2.09. The van der Waals surface area contributed by atoms with Crippen LogP contribution in [0, 0.1) is 12.7 Å². The highest BCUT2D eigenvalue weighted by molar-refractivity contribution is 7.10. The van der Waals surface area contributed by atoms with Crippen LogP contribution >= 0.6 is 23.1 Å². The van der Waals surface area contributed by atoms with Crippen LogP contribution in [0.4, 0.5) is 15.1 Å². The second-order valence-corrected chi connectivity index (χ2v) is 5.09. The molecule has 4 nitrogen and oxygen atoms in total. The lowest BCUT2D eigenvalue weighted by Crippen LogP contribution is -2.08. The molecule has 0 aliphatic rings. The van der Waals surface area contributed by atoms with Crippen molar-refractivity contribution in [2.24, 2.45) is 0 Å². The summed E-state index contributed by atoms with van der Waals surface area (Å²) < 4.78 is 22.8. The van der Waals surface area contributed by atoms with Crippen molar-refractivity contribution >= 4 is 39.8 Å². The summed E-state index contributed by atoms with van der Waals surface area (Å²) in [6.07, 6.45) is 0.